The van der Waals surface area contributed by atoms with Crippen molar-refractivity contribution < 1.29 is 14.6 Å². The smallest absolute Gasteiger partial charge is 0.345 e. The minimum atomic E-state index is -1.28. The topological polar surface area (TPSA) is 68.5 Å². The predicted octanol–water partition coefficient (Wildman–Crippen LogP) is 1.25. The fraction of sp³-hybridized carbons (Fsp3) is 0.167. The van der Waals surface area contributed by atoms with Crippen LogP contribution in [0.3, 0.4) is 0 Å². The minimum Gasteiger partial charge on any atom is -0.495 e. The second kappa shape index (κ2) is 3.93. The number of carbonyl (C=O) groups is 1. The van der Waals surface area contributed by atoms with Crippen LogP contribution in [0.4, 0.5) is 0 Å². The van der Waals surface area contributed by atoms with E-state index >= 15 is 0 Å². The highest BCUT2D eigenvalue weighted by Crippen LogP contribution is 2.26. The average molecular weight is 233 g/mol. The minimum absolute atomic E-state index is 0.108. The number of aromatic nitrogens is 1. The zero-order valence-electron chi connectivity index (χ0n) is 9.43. The van der Waals surface area contributed by atoms with Crippen LogP contribution in [-0.4, -0.2) is 22.8 Å². The van der Waals surface area contributed by atoms with Gasteiger partial charge in [0, 0.05) is 12.4 Å². The molecule has 2 rings (SSSR count). The summed E-state index contributed by atoms with van der Waals surface area (Å²) in [5.74, 6) is -1.18. The normalized spacial score (nSPS) is 10.5. The summed E-state index contributed by atoms with van der Waals surface area (Å²) >= 11 is 0. The van der Waals surface area contributed by atoms with E-state index in [2.05, 4.69) is 0 Å². The van der Waals surface area contributed by atoms with Crippen LogP contribution < -0.4 is 10.3 Å². The number of hydrogen-bond acceptors (Lipinski definition) is 3. The summed E-state index contributed by atoms with van der Waals surface area (Å²) < 4.78 is 6.37. The second-order valence-corrected chi connectivity index (χ2v) is 3.59. The van der Waals surface area contributed by atoms with Crippen LogP contribution in [-0.2, 0) is 7.05 Å². The van der Waals surface area contributed by atoms with Gasteiger partial charge in [-0.15, -0.1) is 0 Å². The van der Waals surface area contributed by atoms with E-state index in [1.165, 1.54) is 18.7 Å². The van der Waals surface area contributed by atoms with Gasteiger partial charge in [0.1, 0.15) is 5.75 Å². The Balaban J connectivity index is 3.06. The van der Waals surface area contributed by atoms with E-state index in [4.69, 9.17) is 9.84 Å². The van der Waals surface area contributed by atoms with Gasteiger partial charge in [0.05, 0.1) is 12.6 Å². The van der Waals surface area contributed by atoms with Crippen molar-refractivity contribution >= 4 is 16.9 Å². The maximum Gasteiger partial charge on any atom is 0.345 e. The van der Waals surface area contributed by atoms with Crippen LogP contribution in [0.1, 0.15) is 10.4 Å². The molecular weight excluding hydrogens is 222 g/mol. The first kappa shape index (κ1) is 11.2. The third-order valence-electron chi connectivity index (χ3n) is 2.67. The van der Waals surface area contributed by atoms with Gasteiger partial charge in [0.25, 0.3) is 5.56 Å². The van der Waals surface area contributed by atoms with Crippen LogP contribution >= 0.6 is 0 Å². The maximum absolute atomic E-state index is 11.9. The highest BCUT2D eigenvalue weighted by molar-refractivity contribution is 5.98. The fourth-order valence-electron chi connectivity index (χ4n) is 1.87. The van der Waals surface area contributed by atoms with Crippen molar-refractivity contribution in [2.45, 2.75) is 0 Å². The van der Waals surface area contributed by atoms with E-state index in [0.717, 1.165) is 0 Å². The highest BCUT2D eigenvalue weighted by Gasteiger charge is 2.20. The number of carboxylic acids is 1. The molecule has 0 bridgehead atoms. The lowest BCUT2D eigenvalue weighted by Gasteiger charge is -2.11. The number of methoxy groups -OCH3 is 1. The number of aryl methyl sites for hydroxylation is 1. The highest BCUT2D eigenvalue weighted by atomic mass is 16.5. The number of para-hydroxylation sites is 1. The average Bonchev–Trinajstić information content (AvgIpc) is 2.33. The number of benzene rings is 1. The first-order valence-corrected chi connectivity index (χ1v) is 4.97. The molecule has 1 heterocycles. The van der Waals surface area contributed by atoms with Gasteiger partial charge in [-0.3, -0.25) is 4.79 Å². The predicted molar refractivity (Wildman–Crippen MR) is 62.7 cm³/mol. The van der Waals surface area contributed by atoms with Crippen LogP contribution in [0.25, 0.3) is 10.9 Å². The molecule has 17 heavy (non-hydrogen) atoms. The zero-order chi connectivity index (χ0) is 12.6. The molecule has 0 aliphatic rings. The summed E-state index contributed by atoms with van der Waals surface area (Å²) in [5, 5.41) is 9.67. The molecule has 0 atom stereocenters. The van der Waals surface area contributed by atoms with Crippen molar-refractivity contribution in [1.82, 2.24) is 4.57 Å². The Morgan fingerprint density at radius 2 is 2.00 bits per heavy atom. The summed E-state index contributed by atoms with van der Waals surface area (Å²) in [4.78, 5) is 23.0. The fourth-order valence-corrected chi connectivity index (χ4v) is 1.87. The first-order valence-electron chi connectivity index (χ1n) is 4.97. The van der Waals surface area contributed by atoms with Crippen molar-refractivity contribution in [3.8, 4) is 5.75 Å². The van der Waals surface area contributed by atoms with Crippen LogP contribution in [0.15, 0.2) is 29.1 Å². The van der Waals surface area contributed by atoms with Crippen molar-refractivity contribution in [2.75, 3.05) is 7.11 Å². The summed E-state index contributed by atoms with van der Waals surface area (Å²) in [6.45, 7) is 0. The van der Waals surface area contributed by atoms with Gasteiger partial charge in [-0.25, -0.2) is 4.79 Å². The molecule has 0 aliphatic carbocycles. The summed E-state index contributed by atoms with van der Waals surface area (Å²) in [6, 6.07) is 7.01. The lowest BCUT2D eigenvalue weighted by molar-refractivity contribution is 0.0691. The number of hydrogen-bond donors (Lipinski definition) is 1. The third-order valence-corrected chi connectivity index (χ3v) is 2.67. The lowest BCUT2D eigenvalue weighted by Crippen LogP contribution is -2.25. The molecule has 0 fully saturated rings. The van der Waals surface area contributed by atoms with Gasteiger partial charge in [-0.05, 0) is 12.1 Å². The van der Waals surface area contributed by atoms with Crippen molar-refractivity contribution in [2.24, 2.45) is 7.05 Å². The first-order chi connectivity index (χ1) is 8.07. The summed E-state index contributed by atoms with van der Waals surface area (Å²) in [5.41, 5.74) is -0.277. The molecule has 2 aromatic rings. The van der Waals surface area contributed by atoms with Gasteiger partial charge in [-0.1, -0.05) is 12.1 Å². The lowest BCUT2D eigenvalue weighted by atomic mass is 10.1. The van der Waals surface area contributed by atoms with Gasteiger partial charge >= 0.3 is 5.97 Å². The van der Waals surface area contributed by atoms with Crippen LogP contribution in [0.5, 0.6) is 5.75 Å². The Morgan fingerprint density at radius 3 is 2.59 bits per heavy atom. The molecule has 88 valence electrons. The Labute approximate surface area is 96.9 Å². The molecule has 0 saturated carbocycles. The summed E-state index contributed by atoms with van der Waals surface area (Å²) in [6.07, 6.45) is 0. The van der Waals surface area contributed by atoms with Gasteiger partial charge in [-0.2, -0.15) is 0 Å². The Hall–Kier alpha value is -2.30. The largest absolute Gasteiger partial charge is 0.495 e. The molecule has 1 N–H and O–H groups in total. The number of nitrogens with zero attached hydrogens (tertiary/aromatic N) is 1. The number of fused-ring (bicyclic) bond motifs is 1. The molecule has 5 nitrogen and oxygen atoms in total. The maximum atomic E-state index is 11.9. The Bertz CT molecular complexity index is 657. The van der Waals surface area contributed by atoms with Crippen molar-refractivity contribution in [1.29, 1.82) is 0 Å². The van der Waals surface area contributed by atoms with Gasteiger partial charge in [0.2, 0.25) is 0 Å². The molecule has 0 spiro atoms. The van der Waals surface area contributed by atoms with E-state index in [-0.39, 0.29) is 11.3 Å². The molecule has 1 aromatic carbocycles. The van der Waals surface area contributed by atoms with E-state index in [0.29, 0.717) is 10.9 Å². The second-order valence-electron chi connectivity index (χ2n) is 3.59. The van der Waals surface area contributed by atoms with Crippen molar-refractivity contribution in [3.05, 3.63) is 40.2 Å². The number of rotatable bonds is 2. The number of ether oxygens (including phenoxy) is 1. The molecule has 0 aliphatic heterocycles. The SMILES string of the molecule is COc1c(C(=O)O)c(=O)n(C)c2ccccc12. The standard InChI is InChI=1S/C12H11NO4/c1-13-8-6-4-3-5-7(8)10(17-2)9(11(13)14)12(15)16/h3-6H,1-2H3,(H,15,16). The Kier molecular flexibility index (Phi) is 2.59. The van der Waals surface area contributed by atoms with E-state index in [9.17, 15) is 9.59 Å². The molecule has 0 unspecified atom stereocenters. The molecular formula is C12H11NO4. The Morgan fingerprint density at radius 1 is 1.35 bits per heavy atom. The monoisotopic (exact) mass is 233 g/mol. The molecule has 0 radical (unpaired) electrons. The van der Waals surface area contributed by atoms with Crippen LogP contribution in [0, 0.1) is 0 Å². The van der Waals surface area contributed by atoms with E-state index < -0.39 is 11.5 Å². The number of carboxylic acid groups (broad SMARTS) is 1. The molecule has 5 heteroatoms. The van der Waals surface area contributed by atoms with Gasteiger partial charge < -0.3 is 14.4 Å². The van der Waals surface area contributed by atoms with Crippen molar-refractivity contribution in [3.63, 3.8) is 0 Å². The molecule has 0 saturated heterocycles. The summed E-state index contributed by atoms with van der Waals surface area (Å²) in [7, 11) is 2.89. The number of pyridine rings is 1. The van der Waals surface area contributed by atoms with Gasteiger partial charge in [0.15, 0.2) is 5.56 Å². The van der Waals surface area contributed by atoms with Crippen LogP contribution in [0.2, 0.25) is 0 Å². The zero-order valence-corrected chi connectivity index (χ0v) is 9.43. The third kappa shape index (κ3) is 1.56. The molecule has 0 amide bonds. The van der Waals surface area contributed by atoms with E-state index in [1.807, 2.05) is 0 Å². The quantitative estimate of drug-likeness (QED) is 0.847. The number of aromatic carboxylic acids is 1. The molecule has 1 aromatic heterocycles. The van der Waals surface area contributed by atoms with E-state index in [1.54, 1.807) is 24.3 Å².